The highest BCUT2D eigenvalue weighted by Crippen LogP contribution is 2.53. The first kappa shape index (κ1) is 16.4. The molecule has 0 saturated carbocycles. The Hall–Kier alpha value is -0.500. The Balaban J connectivity index is 1.93. The van der Waals surface area contributed by atoms with Gasteiger partial charge in [-0.1, -0.05) is 6.08 Å². The molecule has 5 atom stereocenters. The molecule has 3 rings (SSSR count). The summed E-state index contributed by atoms with van der Waals surface area (Å²) in [6, 6.07) is 0. The van der Waals surface area contributed by atoms with Crippen molar-refractivity contribution in [2.75, 3.05) is 6.61 Å². The summed E-state index contributed by atoms with van der Waals surface area (Å²) in [7, 11) is 0. The van der Waals surface area contributed by atoms with E-state index >= 15 is 0 Å². The Labute approximate surface area is 131 Å². The molecule has 0 aliphatic carbocycles. The van der Waals surface area contributed by atoms with Crippen molar-refractivity contribution in [3.63, 3.8) is 0 Å². The molecule has 3 aliphatic rings. The molecular weight excluding hydrogens is 288 g/mol. The minimum atomic E-state index is -1.30. The van der Waals surface area contributed by atoms with Gasteiger partial charge >= 0.3 is 0 Å². The molecule has 22 heavy (non-hydrogen) atoms. The summed E-state index contributed by atoms with van der Waals surface area (Å²) in [5, 5.41) is 11.4. The van der Waals surface area contributed by atoms with Gasteiger partial charge in [0, 0.05) is 0 Å². The first-order valence-corrected chi connectivity index (χ1v) is 7.71. The topological polar surface area (TPSA) is 66.4 Å². The van der Waals surface area contributed by atoms with Crippen LogP contribution in [0.15, 0.2) is 12.7 Å². The normalized spacial score (nSPS) is 49.3. The Kier molecular flexibility index (Phi) is 3.53. The fourth-order valence-corrected chi connectivity index (χ4v) is 3.62. The smallest absolute Gasteiger partial charge is 0.191 e. The highest BCUT2D eigenvalue weighted by molar-refractivity contribution is 5.17. The second kappa shape index (κ2) is 4.75. The van der Waals surface area contributed by atoms with Crippen LogP contribution in [-0.2, 0) is 23.7 Å². The lowest BCUT2D eigenvalue weighted by molar-refractivity contribution is -0.280. The van der Waals surface area contributed by atoms with Crippen molar-refractivity contribution >= 4 is 0 Å². The summed E-state index contributed by atoms with van der Waals surface area (Å²) in [6.07, 6.45) is 0.313. The zero-order chi connectivity index (χ0) is 16.4. The van der Waals surface area contributed by atoms with E-state index in [0.29, 0.717) is 13.0 Å². The van der Waals surface area contributed by atoms with Gasteiger partial charge in [0.15, 0.2) is 17.9 Å². The Morgan fingerprint density at radius 2 is 1.73 bits per heavy atom. The van der Waals surface area contributed by atoms with Crippen LogP contribution in [0, 0.1) is 0 Å². The van der Waals surface area contributed by atoms with Crippen molar-refractivity contribution in [2.45, 2.75) is 82.3 Å². The Morgan fingerprint density at radius 1 is 1.05 bits per heavy atom. The Bertz CT molecular complexity index is 475. The van der Waals surface area contributed by atoms with E-state index in [1.54, 1.807) is 19.9 Å². The lowest BCUT2D eigenvalue weighted by atomic mass is 9.76. The van der Waals surface area contributed by atoms with Crippen molar-refractivity contribution < 1.29 is 28.8 Å². The molecule has 126 valence electrons. The first-order chi connectivity index (χ1) is 10.0. The van der Waals surface area contributed by atoms with Gasteiger partial charge in [0.25, 0.3) is 0 Å². The number of ether oxygens (including phenoxy) is 5. The molecule has 6 nitrogen and oxygen atoms in total. The molecule has 0 amide bonds. The van der Waals surface area contributed by atoms with Crippen molar-refractivity contribution in [3.8, 4) is 0 Å². The number of hydrogen-bond donors (Lipinski definition) is 1. The minimum Gasteiger partial charge on any atom is -0.383 e. The van der Waals surface area contributed by atoms with Crippen molar-refractivity contribution in [1.29, 1.82) is 0 Å². The fraction of sp³-hybridized carbons (Fsp3) is 0.875. The van der Waals surface area contributed by atoms with Crippen LogP contribution in [0.5, 0.6) is 0 Å². The summed E-state index contributed by atoms with van der Waals surface area (Å²) >= 11 is 0. The predicted molar refractivity (Wildman–Crippen MR) is 78.0 cm³/mol. The number of aliphatic hydroxyl groups is 1. The summed E-state index contributed by atoms with van der Waals surface area (Å²) < 4.78 is 29.4. The van der Waals surface area contributed by atoms with Gasteiger partial charge in [0.1, 0.15) is 23.4 Å². The summed E-state index contributed by atoms with van der Waals surface area (Å²) in [6.45, 7) is 13.2. The van der Waals surface area contributed by atoms with Crippen molar-refractivity contribution in [1.82, 2.24) is 0 Å². The van der Waals surface area contributed by atoms with E-state index in [2.05, 4.69) is 6.58 Å². The molecule has 0 aromatic heterocycles. The zero-order valence-electron chi connectivity index (χ0n) is 13.9. The van der Waals surface area contributed by atoms with Crippen LogP contribution < -0.4 is 0 Å². The van der Waals surface area contributed by atoms with E-state index in [4.69, 9.17) is 23.7 Å². The van der Waals surface area contributed by atoms with E-state index in [1.165, 1.54) is 0 Å². The van der Waals surface area contributed by atoms with Gasteiger partial charge in [0.2, 0.25) is 0 Å². The third-order valence-corrected chi connectivity index (χ3v) is 4.83. The average Bonchev–Trinajstić information content (AvgIpc) is 2.94. The summed E-state index contributed by atoms with van der Waals surface area (Å²) in [5.74, 6) is -1.50. The molecule has 1 N–H and O–H groups in total. The molecule has 3 saturated heterocycles. The lowest BCUT2D eigenvalue weighted by Gasteiger charge is -2.43. The van der Waals surface area contributed by atoms with Crippen LogP contribution in [0.2, 0.25) is 0 Å². The van der Waals surface area contributed by atoms with Gasteiger partial charge in [-0.3, -0.25) is 0 Å². The molecule has 0 aromatic rings. The largest absolute Gasteiger partial charge is 0.383 e. The lowest BCUT2D eigenvalue weighted by Crippen LogP contribution is -2.62. The van der Waals surface area contributed by atoms with E-state index in [-0.39, 0.29) is 0 Å². The van der Waals surface area contributed by atoms with E-state index in [0.717, 1.165) is 0 Å². The van der Waals surface area contributed by atoms with Crippen molar-refractivity contribution in [2.24, 2.45) is 0 Å². The quantitative estimate of drug-likeness (QED) is 0.800. The molecule has 0 aromatic carbocycles. The second-order valence-corrected chi connectivity index (χ2v) is 7.38. The van der Waals surface area contributed by atoms with E-state index < -0.39 is 41.3 Å². The summed E-state index contributed by atoms with van der Waals surface area (Å²) in [4.78, 5) is 0. The standard InChI is InChI=1S/C16H26O6/c1-7-8-16(17)11-12(21-14(4,5)20-11)22-15(16,6)10-9-18-13(2,3)19-10/h7,10-12,17H,1,8-9H2,2-6H3/t10?,11-,12-,15?,16+/m0/s1. The highest BCUT2D eigenvalue weighted by atomic mass is 16.9. The van der Waals surface area contributed by atoms with Gasteiger partial charge < -0.3 is 28.8 Å². The molecule has 6 heteroatoms. The predicted octanol–water partition coefficient (Wildman–Crippen LogP) is 1.71. The molecule has 3 fully saturated rings. The van der Waals surface area contributed by atoms with Crippen LogP contribution in [0.25, 0.3) is 0 Å². The van der Waals surface area contributed by atoms with Gasteiger partial charge in [-0.15, -0.1) is 6.58 Å². The monoisotopic (exact) mass is 314 g/mol. The molecule has 3 heterocycles. The minimum absolute atomic E-state index is 0.310. The Morgan fingerprint density at radius 3 is 2.27 bits per heavy atom. The SMILES string of the molecule is C=CC[C@@]1(O)[C@H]2OC(C)(C)O[C@H]2OC1(C)C1COC(C)(C)O1. The third kappa shape index (κ3) is 2.25. The van der Waals surface area contributed by atoms with Crippen LogP contribution >= 0.6 is 0 Å². The molecule has 0 radical (unpaired) electrons. The highest BCUT2D eigenvalue weighted by Gasteiger charge is 2.71. The van der Waals surface area contributed by atoms with E-state index in [1.807, 2.05) is 20.8 Å². The van der Waals surface area contributed by atoms with Crippen LogP contribution in [0.1, 0.15) is 41.0 Å². The van der Waals surface area contributed by atoms with Gasteiger partial charge in [-0.25, -0.2) is 0 Å². The van der Waals surface area contributed by atoms with Gasteiger partial charge in [0.05, 0.1) is 6.61 Å². The molecule has 3 aliphatic heterocycles. The van der Waals surface area contributed by atoms with Crippen molar-refractivity contribution in [3.05, 3.63) is 12.7 Å². The summed E-state index contributed by atoms with van der Waals surface area (Å²) in [5.41, 5.74) is -2.32. The van der Waals surface area contributed by atoms with E-state index in [9.17, 15) is 5.11 Å². The fourth-order valence-electron chi connectivity index (χ4n) is 3.62. The van der Waals surface area contributed by atoms with Crippen LogP contribution in [0.4, 0.5) is 0 Å². The first-order valence-electron chi connectivity index (χ1n) is 7.71. The maximum absolute atomic E-state index is 11.4. The zero-order valence-corrected chi connectivity index (χ0v) is 13.9. The average molecular weight is 314 g/mol. The molecule has 2 unspecified atom stereocenters. The number of hydrogen-bond acceptors (Lipinski definition) is 6. The molecule has 0 bridgehead atoms. The maximum atomic E-state index is 11.4. The number of rotatable bonds is 3. The molecular formula is C16H26O6. The maximum Gasteiger partial charge on any atom is 0.191 e. The van der Waals surface area contributed by atoms with Gasteiger partial charge in [-0.05, 0) is 41.0 Å². The third-order valence-electron chi connectivity index (χ3n) is 4.83. The molecule has 0 spiro atoms. The van der Waals surface area contributed by atoms with Gasteiger partial charge in [-0.2, -0.15) is 0 Å². The van der Waals surface area contributed by atoms with Crippen LogP contribution in [-0.4, -0.2) is 53.0 Å². The van der Waals surface area contributed by atoms with Crippen LogP contribution in [0.3, 0.4) is 0 Å². The number of fused-ring (bicyclic) bond motifs is 1. The second-order valence-electron chi connectivity index (χ2n) is 7.38.